The molecule has 1 aliphatic rings. The van der Waals surface area contributed by atoms with E-state index in [2.05, 4.69) is 10.3 Å². The second-order valence-corrected chi connectivity index (χ2v) is 5.75. The number of halogens is 5. The van der Waals surface area contributed by atoms with Gasteiger partial charge in [-0.2, -0.15) is 18.4 Å². The van der Waals surface area contributed by atoms with E-state index in [9.17, 15) is 26.7 Å². The van der Waals surface area contributed by atoms with Gasteiger partial charge in [-0.15, -0.1) is 0 Å². The van der Waals surface area contributed by atoms with Gasteiger partial charge in [-0.1, -0.05) is 6.07 Å². The maximum Gasteiger partial charge on any atom is 0.433 e. The minimum atomic E-state index is -4.73. The van der Waals surface area contributed by atoms with Gasteiger partial charge in [0.2, 0.25) is 5.91 Å². The summed E-state index contributed by atoms with van der Waals surface area (Å²) in [6, 6.07) is 5.34. The zero-order valence-electron chi connectivity index (χ0n) is 13.5. The first kappa shape index (κ1) is 18.6. The second kappa shape index (κ2) is 6.83. The van der Waals surface area contributed by atoms with Crippen LogP contribution in [0.25, 0.3) is 0 Å². The minimum Gasteiger partial charge on any atom is -0.357 e. The van der Waals surface area contributed by atoms with E-state index in [1.807, 2.05) is 0 Å². The summed E-state index contributed by atoms with van der Waals surface area (Å²) in [6.45, 7) is -0.0464. The van der Waals surface area contributed by atoms with Crippen LogP contribution >= 0.6 is 0 Å². The van der Waals surface area contributed by atoms with Crippen LogP contribution in [0, 0.1) is 23.0 Å². The second-order valence-electron chi connectivity index (χ2n) is 5.75. The molecule has 1 fully saturated rings. The molecule has 2 aromatic rings. The zero-order chi connectivity index (χ0) is 19.8. The van der Waals surface area contributed by atoms with Crippen molar-refractivity contribution in [3.8, 4) is 6.07 Å². The number of alkyl halides is 3. The molecule has 0 spiro atoms. The van der Waals surface area contributed by atoms with Gasteiger partial charge in [-0.3, -0.25) is 4.79 Å². The summed E-state index contributed by atoms with van der Waals surface area (Å²) in [4.78, 5) is 16.7. The minimum absolute atomic E-state index is 0.0464. The number of para-hydroxylation sites is 1. The van der Waals surface area contributed by atoms with Crippen molar-refractivity contribution in [2.45, 2.75) is 18.6 Å². The number of nitriles is 1. The topological polar surface area (TPSA) is 69.0 Å². The Hall–Kier alpha value is -3.22. The normalized spacial score (nSPS) is 17.1. The van der Waals surface area contributed by atoms with E-state index in [1.54, 1.807) is 6.07 Å². The molecule has 1 aromatic carbocycles. The largest absolute Gasteiger partial charge is 0.433 e. The third kappa shape index (κ3) is 3.53. The lowest BCUT2D eigenvalue weighted by atomic mass is 10.2. The highest BCUT2D eigenvalue weighted by molar-refractivity contribution is 6.01. The molecule has 3 rings (SSSR count). The van der Waals surface area contributed by atoms with Crippen LogP contribution in [-0.4, -0.2) is 23.5 Å². The first-order valence-corrected chi connectivity index (χ1v) is 7.72. The highest BCUT2D eigenvalue weighted by Gasteiger charge is 2.37. The summed E-state index contributed by atoms with van der Waals surface area (Å²) >= 11 is 0. The molecule has 1 saturated heterocycles. The third-order valence-electron chi connectivity index (χ3n) is 4.03. The smallest absolute Gasteiger partial charge is 0.357 e. The van der Waals surface area contributed by atoms with Gasteiger partial charge >= 0.3 is 6.18 Å². The van der Waals surface area contributed by atoms with Gasteiger partial charge in [0.25, 0.3) is 0 Å². The average molecular weight is 382 g/mol. The van der Waals surface area contributed by atoms with Crippen LogP contribution in [0.3, 0.4) is 0 Å². The summed E-state index contributed by atoms with van der Waals surface area (Å²) < 4.78 is 66.3. The van der Waals surface area contributed by atoms with Gasteiger partial charge in [0.15, 0.2) is 0 Å². The van der Waals surface area contributed by atoms with E-state index >= 15 is 0 Å². The Labute approximate surface area is 150 Å². The van der Waals surface area contributed by atoms with Crippen molar-refractivity contribution >= 4 is 17.4 Å². The van der Waals surface area contributed by atoms with Crippen LogP contribution in [0.1, 0.15) is 17.7 Å². The predicted octanol–water partition coefficient (Wildman–Crippen LogP) is 3.47. The van der Waals surface area contributed by atoms with Crippen molar-refractivity contribution in [3.63, 3.8) is 0 Å². The molecule has 1 aliphatic heterocycles. The Kier molecular flexibility index (Phi) is 4.70. The molecule has 1 atom stereocenters. The SMILES string of the molecule is N#Cc1ccc(C(F)(F)F)nc1NC1CCN(c2c(F)cccc2F)C1=O. The van der Waals surface area contributed by atoms with E-state index in [1.165, 1.54) is 0 Å². The number of hydrogen-bond donors (Lipinski definition) is 1. The number of aromatic nitrogens is 1. The lowest BCUT2D eigenvalue weighted by molar-refractivity contribution is -0.141. The number of benzene rings is 1. The van der Waals surface area contributed by atoms with Gasteiger partial charge in [0.05, 0.1) is 5.56 Å². The predicted molar refractivity (Wildman–Crippen MR) is 84.7 cm³/mol. The van der Waals surface area contributed by atoms with Crippen molar-refractivity contribution in [2.24, 2.45) is 0 Å². The van der Waals surface area contributed by atoms with E-state index in [0.29, 0.717) is 6.07 Å². The van der Waals surface area contributed by atoms with Crippen LogP contribution < -0.4 is 10.2 Å². The first-order chi connectivity index (χ1) is 12.7. The Morgan fingerprint density at radius 2 is 1.85 bits per heavy atom. The van der Waals surface area contributed by atoms with Gasteiger partial charge in [-0.25, -0.2) is 13.8 Å². The number of anilines is 2. The third-order valence-corrected chi connectivity index (χ3v) is 4.03. The zero-order valence-corrected chi connectivity index (χ0v) is 13.5. The summed E-state index contributed by atoms with van der Waals surface area (Å²) in [6.07, 6.45) is -4.66. The molecule has 27 heavy (non-hydrogen) atoms. The van der Waals surface area contributed by atoms with Crippen LogP contribution in [-0.2, 0) is 11.0 Å². The molecule has 0 saturated carbocycles. The maximum atomic E-state index is 13.9. The first-order valence-electron chi connectivity index (χ1n) is 7.72. The van der Waals surface area contributed by atoms with Crippen molar-refractivity contribution in [3.05, 3.63) is 53.2 Å². The molecule has 5 nitrogen and oxygen atoms in total. The summed E-state index contributed by atoms with van der Waals surface area (Å²) in [5.74, 6) is -3.01. The molecule has 0 radical (unpaired) electrons. The van der Waals surface area contributed by atoms with Crippen LogP contribution in [0.4, 0.5) is 33.5 Å². The number of pyridine rings is 1. The molecule has 1 aromatic heterocycles. The molecule has 140 valence electrons. The van der Waals surface area contributed by atoms with Crippen molar-refractivity contribution in [2.75, 3.05) is 16.8 Å². The van der Waals surface area contributed by atoms with Crippen molar-refractivity contribution < 1.29 is 26.7 Å². The molecule has 1 unspecified atom stereocenters. The Morgan fingerprint density at radius 3 is 2.44 bits per heavy atom. The van der Waals surface area contributed by atoms with E-state index < -0.39 is 47.0 Å². The number of nitrogens with one attached hydrogen (secondary N) is 1. The number of carbonyl (C=O) groups is 1. The maximum absolute atomic E-state index is 13.9. The molecule has 1 amide bonds. The fraction of sp³-hybridized carbons (Fsp3) is 0.235. The summed E-state index contributed by atoms with van der Waals surface area (Å²) in [5.41, 5.74) is -1.94. The lowest BCUT2D eigenvalue weighted by Gasteiger charge is -2.19. The van der Waals surface area contributed by atoms with E-state index in [0.717, 1.165) is 29.2 Å². The van der Waals surface area contributed by atoms with Crippen LogP contribution in [0.5, 0.6) is 0 Å². The molecule has 10 heteroatoms. The van der Waals surface area contributed by atoms with Gasteiger partial charge < -0.3 is 10.2 Å². The number of carbonyl (C=O) groups excluding carboxylic acids is 1. The van der Waals surface area contributed by atoms with Gasteiger partial charge in [0.1, 0.15) is 40.9 Å². The standard InChI is InChI=1S/C17H11F5N4O/c18-10-2-1-3-11(19)14(10)26-7-6-12(16(26)27)24-15-9(8-23)4-5-13(25-15)17(20,21)22/h1-5,12H,6-7H2,(H,24,25). The summed E-state index contributed by atoms with van der Waals surface area (Å²) in [7, 11) is 0. The Balaban J connectivity index is 1.88. The van der Waals surface area contributed by atoms with Crippen LogP contribution in [0.2, 0.25) is 0 Å². The van der Waals surface area contributed by atoms with Crippen molar-refractivity contribution in [1.29, 1.82) is 5.26 Å². The molecule has 0 aliphatic carbocycles. The number of amides is 1. The van der Waals surface area contributed by atoms with Crippen molar-refractivity contribution in [1.82, 2.24) is 4.98 Å². The van der Waals surface area contributed by atoms with Gasteiger partial charge in [0, 0.05) is 6.54 Å². The van der Waals surface area contributed by atoms with Crippen LogP contribution in [0.15, 0.2) is 30.3 Å². The van der Waals surface area contributed by atoms with E-state index in [4.69, 9.17) is 5.26 Å². The van der Waals surface area contributed by atoms with E-state index in [-0.39, 0.29) is 18.5 Å². The highest BCUT2D eigenvalue weighted by Crippen LogP contribution is 2.31. The van der Waals surface area contributed by atoms with Gasteiger partial charge in [-0.05, 0) is 30.7 Å². The fourth-order valence-electron chi connectivity index (χ4n) is 2.77. The molecule has 0 bridgehead atoms. The molecular formula is C17H11F5N4O. The number of rotatable bonds is 3. The lowest BCUT2D eigenvalue weighted by Crippen LogP contribution is -2.35. The average Bonchev–Trinajstić information content (AvgIpc) is 2.95. The molecule has 1 N–H and O–H groups in total. The quantitative estimate of drug-likeness (QED) is 0.826. The Bertz CT molecular complexity index is 918. The fourth-order valence-corrected chi connectivity index (χ4v) is 2.77. The monoisotopic (exact) mass is 382 g/mol. The molecular weight excluding hydrogens is 371 g/mol. The number of nitrogens with zero attached hydrogens (tertiary/aromatic N) is 3. The number of hydrogen-bond acceptors (Lipinski definition) is 4. The summed E-state index contributed by atoms with van der Waals surface area (Å²) in [5, 5.41) is 11.5. The molecule has 2 heterocycles. The highest BCUT2D eigenvalue weighted by atomic mass is 19.4. The Morgan fingerprint density at radius 1 is 1.19 bits per heavy atom.